The van der Waals surface area contributed by atoms with Gasteiger partial charge in [-0.1, -0.05) is 23.8 Å². The van der Waals surface area contributed by atoms with Gasteiger partial charge in [0.1, 0.15) is 5.82 Å². The van der Waals surface area contributed by atoms with Crippen molar-refractivity contribution >= 4 is 11.8 Å². The Morgan fingerprint density at radius 2 is 2.08 bits per heavy atom. The summed E-state index contributed by atoms with van der Waals surface area (Å²) in [6.07, 6.45) is 8.13. The van der Waals surface area contributed by atoms with Gasteiger partial charge in [-0.3, -0.25) is 9.59 Å². The van der Waals surface area contributed by atoms with E-state index in [0.717, 1.165) is 19.3 Å². The molecule has 0 saturated carbocycles. The molecule has 1 aliphatic rings. The summed E-state index contributed by atoms with van der Waals surface area (Å²) in [6, 6.07) is 6.03. The standard InChI is InChI=1S/C20H27FN2O2/c1-16(24)23(12-10-17-6-3-2-4-7-17)13-11-22-20(25)15-18-8-5-9-19(21)14-18/h5-6,8-9,14H,2-4,7,10-13,15H2,1H3,(H,22,25). The van der Waals surface area contributed by atoms with Crippen molar-refractivity contribution in [3.63, 3.8) is 0 Å². The molecule has 1 aliphatic carbocycles. The van der Waals surface area contributed by atoms with Crippen LogP contribution in [0.15, 0.2) is 35.9 Å². The highest BCUT2D eigenvalue weighted by molar-refractivity contribution is 5.78. The smallest absolute Gasteiger partial charge is 0.224 e. The minimum Gasteiger partial charge on any atom is -0.354 e. The fraction of sp³-hybridized carbons (Fsp3) is 0.500. The van der Waals surface area contributed by atoms with Crippen LogP contribution in [0.2, 0.25) is 0 Å². The molecule has 0 aromatic heterocycles. The van der Waals surface area contributed by atoms with Gasteiger partial charge in [0.25, 0.3) is 0 Å². The number of carbonyl (C=O) groups excluding carboxylic acids is 2. The van der Waals surface area contributed by atoms with Crippen LogP contribution in [-0.2, 0) is 16.0 Å². The van der Waals surface area contributed by atoms with E-state index in [4.69, 9.17) is 0 Å². The highest BCUT2D eigenvalue weighted by atomic mass is 19.1. The second kappa shape index (κ2) is 9.97. The van der Waals surface area contributed by atoms with Crippen molar-refractivity contribution in [3.8, 4) is 0 Å². The summed E-state index contributed by atoms with van der Waals surface area (Å²) < 4.78 is 13.1. The molecule has 1 aromatic carbocycles. The van der Waals surface area contributed by atoms with Crippen LogP contribution in [0, 0.1) is 5.82 Å². The third-order valence-corrected chi connectivity index (χ3v) is 4.49. The lowest BCUT2D eigenvalue weighted by Gasteiger charge is -2.23. The van der Waals surface area contributed by atoms with Gasteiger partial charge in [0, 0.05) is 26.6 Å². The number of carbonyl (C=O) groups is 2. The lowest BCUT2D eigenvalue weighted by Crippen LogP contribution is -2.38. The highest BCUT2D eigenvalue weighted by Gasteiger charge is 2.11. The zero-order valence-electron chi connectivity index (χ0n) is 14.9. The largest absolute Gasteiger partial charge is 0.354 e. The summed E-state index contributed by atoms with van der Waals surface area (Å²) in [5.74, 6) is -0.482. The van der Waals surface area contributed by atoms with Crippen LogP contribution in [0.3, 0.4) is 0 Å². The van der Waals surface area contributed by atoms with Crippen molar-refractivity contribution in [3.05, 3.63) is 47.3 Å². The summed E-state index contributed by atoms with van der Waals surface area (Å²) in [7, 11) is 0. The molecule has 1 aromatic rings. The molecule has 2 amide bonds. The number of rotatable bonds is 8. The molecule has 136 valence electrons. The quantitative estimate of drug-likeness (QED) is 0.735. The van der Waals surface area contributed by atoms with E-state index in [1.165, 1.54) is 30.5 Å². The molecule has 4 nitrogen and oxygen atoms in total. The summed E-state index contributed by atoms with van der Waals surface area (Å²) in [4.78, 5) is 25.5. The Morgan fingerprint density at radius 1 is 1.24 bits per heavy atom. The van der Waals surface area contributed by atoms with Crippen LogP contribution in [0.4, 0.5) is 4.39 Å². The first-order chi connectivity index (χ1) is 12.0. The zero-order chi connectivity index (χ0) is 18.1. The molecule has 0 bridgehead atoms. The van der Waals surface area contributed by atoms with Gasteiger partial charge in [-0.25, -0.2) is 4.39 Å². The van der Waals surface area contributed by atoms with E-state index in [2.05, 4.69) is 11.4 Å². The van der Waals surface area contributed by atoms with Crippen molar-refractivity contribution in [2.75, 3.05) is 19.6 Å². The van der Waals surface area contributed by atoms with Gasteiger partial charge in [-0.05, 0) is 49.8 Å². The van der Waals surface area contributed by atoms with Crippen LogP contribution in [-0.4, -0.2) is 36.3 Å². The number of nitrogens with zero attached hydrogens (tertiary/aromatic N) is 1. The van der Waals surface area contributed by atoms with E-state index in [1.807, 2.05) is 0 Å². The Balaban J connectivity index is 1.72. The topological polar surface area (TPSA) is 49.4 Å². The number of amides is 2. The Labute approximate surface area is 149 Å². The maximum Gasteiger partial charge on any atom is 0.224 e. The van der Waals surface area contributed by atoms with Crippen LogP contribution >= 0.6 is 0 Å². The summed E-state index contributed by atoms with van der Waals surface area (Å²) in [5.41, 5.74) is 2.08. The minimum absolute atomic E-state index is 0.0239. The van der Waals surface area contributed by atoms with E-state index in [9.17, 15) is 14.0 Å². The first-order valence-electron chi connectivity index (χ1n) is 8.99. The van der Waals surface area contributed by atoms with Crippen LogP contribution in [0.1, 0.15) is 44.6 Å². The molecule has 0 atom stereocenters. The van der Waals surface area contributed by atoms with Gasteiger partial charge in [0.2, 0.25) is 11.8 Å². The average Bonchev–Trinajstić information content (AvgIpc) is 2.58. The van der Waals surface area contributed by atoms with Crippen LogP contribution in [0.25, 0.3) is 0 Å². The Kier molecular flexibility index (Phi) is 7.64. The van der Waals surface area contributed by atoms with E-state index in [1.54, 1.807) is 24.0 Å². The molecule has 0 radical (unpaired) electrons. The lowest BCUT2D eigenvalue weighted by molar-refractivity contribution is -0.129. The van der Waals surface area contributed by atoms with Crippen LogP contribution < -0.4 is 5.32 Å². The third-order valence-electron chi connectivity index (χ3n) is 4.49. The number of hydrogen-bond acceptors (Lipinski definition) is 2. The molecule has 0 saturated heterocycles. The van der Waals surface area contributed by atoms with Gasteiger partial charge in [0.15, 0.2) is 0 Å². The predicted octanol–water partition coefficient (Wildman–Crippen LogP) is 3.22. The number of hydrogen-bond donors (Lipinski definition) is 1. The Hall–Kier alpha value is -2.17. The third kappa shape index (κ3) is 7.08. The predicted molar refractivity (Wildman–Crippen MR) is 96.5 cm³/mol. The normalized spacial score (nSPS) is 13.9. The first kappa shape index (κ1) is 19.2. The Bertz CT molecular complexity index is 628. The second-order valence-electron chi connectivity index (χ2n) is 6.52. The van der Waals surface area contributed by atoms with Gasteiger partial charge < -0.3 is 10.2 Å². The molecular weight excluding hydrogens is 319 g/mol. The first-order valence-corrected chi connectivity index (χ1v) is 8.99. The minimum atomic E-state index is -0.343. The van der Waals surface area contributed by atoms with Gasteiger partial charge in [-0.2, -0.15) is 0 Å². The van der Waals surface area contributed by atoms with Crippen molar-refractivity contribution in [1.82, 2.24) is 10.2 Å². The number of nitrogens with one attached hydrogen (secondary N) is 1. The fourth-order valence-corrected chi connectivity index (χ4v) is 3.06. The molecule has 2 rings (SSSR count). The van der Waals surface area contributed by atoms with Gasteiger partial charge in [-0.15, -0.1) is 0 Å². The zero-order valence-corrected chi connectivity index (χ0v) is 14.9. The maximum absolute atomic E-state index is 13.1. The lowest BCUT2D eigenvalue weighted by atomic mass is 9.97. The van der Waals surface area contributed by atoms with Crippen molar-refractivity contribution < 1.29 is 14.0 Å². The summed E-state index contributed by atoms with van der Waals surface area (Å²) in [5, 5.41) is 2.80. The molecule has 0 aliphatic heterocycles. The van der Waals surface area contributed by atoms with E-state index >= 15 is 0 Å². The summed E-state index contributed by atoms with van der Waals surface area (Å²) >= 11 is 0. The molecular formula is C20H27FN2O2. The van der Waals surface area contributed by atoms with Crippen LogP contribution in [0.5, 0.6) is 0 Å². The molecule has 0 fully saturated rings. The monoisotopic (exact) mass is 346 g/mol. The van der Waals surface area contributed by atoms with Gasteiger partial charge >= 0.3 is 0 Å². The molecule has 1 N–H and O–H groups in total. The SMILES string of the molecule is CC(=O)N(CCNC(=O)Cc1cccc(F)c1)CCC1=CCCCC1. The molecule has 0 spiro atoms. The fourth-order valence-electron chi connectivity index (χ4n) is 3.06. The molecule has 25 heavy (non-hydrogen) atoms. The number of halogens is 1. The molecule has 0 unspecified atom stereocenters. The van der Waals surface area contributed by atoms with Crippen molar-refractivity contribution in [1.29, 1.82) is 0 Å². The van der Waals surface area contributed by atoms with Crippen molar-refractivity contribution in [2.24, 2.45) is 0 Å². The number of allylic oxidation sites excluding steroid dienone is 1. The average molecular weight is 346 g/mol. The maximum atomic E-state index is 13.1. The number of benzene rings is 1. The second-order valence-corrected chi connectivity index (χ2v) is 6.52. The highest BCUT2D eigenvalue weighted by Crippen LogP contribution is 2.20. The molecule has 0 heterocycles. The van der Waals surface area contributed by atoms with E-state index in [0.29, 0.717) is 25.2 Å². The Morgan fingerprint density at radius 3 is 2.76 bits per heavy atom. The van der Waals surface area contributed by atoms with Gasteiger partial charge in [0.05, 0.1) is 6.42 Å². The van der Waals surface area contributed by atoms with Crippen molar-refractivity contribution in [2.45, 2.75) is 45.4 Å². The van der Waals surface area contributed by atoms with E-state index in [-0.39, 0.29) is 24.1 Å². The summed E-state index contributed by atoms with van der Waals surface area (Å²) in [6.45, 7) is 3.16. The van der Waals surface area contributed by atoms with E-state index < -0.39 is 0 Å². The molecule has 5 heteroatoms.